The van der Waals surface area contributed by atoms with E-state index in [2.05, 4.69) is 0 Å². The molecule has 1 rings (SSSR count). The Hall–Kier alpha value is -0.540. The molecule has 1 unspecified atom stereocenters. The molecule has 0 N–H and O–H groups in total. The zero-order valence-corrected chi connectivity index (χ0v) is 12.8. The van der Waals surface area contributed by atoms with Gasteiger partial charge in [0.05, 0.1) is 15.9 Å². The minimum Gasteiger partial charge on any atom is -0.228 e. The van der Waals surface area contributed by atoms with E-state index in [9.17, 15) is 8.42 Å². The molecule has 0 spiro atoms. The third kappa shape index (κ3) is 4.29. The number of benzene rings is 1. The van der Waals surface area contributed by atoms with Gasteiger partial charge in [0.2, 0.25) is 0 Å². The van der Waals surface area contributed by atoms with Crippen LogP contribution in [0.4, 0.5) is 0 Å². The van der Waals surface area contributed by atoms with Crippen molar-refractivity contribution in [1.29, 1.82) is 0 Å². The Balaban J connectivity index is 2.49. The summed E-state index contributed by atoms with van der Waals surface area (Å²) in [6.07, 6.45) is 1.28. The monoisotopic (exact) mass is 288 g/mol. The summed E-state index contributed by atoms with van der Waals surface area (Å²) in [6, 6.07) is 9.76. The van der Waals surface area contributed by atoms with Crippen LogP contribution in [0, 0.1) is 0 Å². The first-order valence-electron chi connectivity index (χ1n) is 6.15. The molecule has 0 bridgehead atoms. The molecule has 0 heterocycles. The second-order valence-corrected chi connectivity index (χ2v) is 8.84. The van der Waals surface area contributed by atoms with E-state index in [1.54, 1.807) is 20.8 Å². The average Bonchev–Trinajstić information content (AvgIpc) is 2.28. The van der Waals surface area contributed by atoms with Gasteiger partial charge in [-0.2, -0.15) is 0 Å². The molecule has 0 amide bonds. The fraction of sp³-hybridized carbons (Fsp3) is 0.571. The van der Waals surface area contributed by atoms with Crippen molar-refractivity contribution in [3.8, 4) is 0 Å². The fourth-order valence-electron chi connectivity index (χ4n) is 1.59. The van der Waals surface area contributed by atoms with Gasteiger partial charge in [0.15, 0.2) is 9.84 Å². The van der Waals surface area contributed by atoms with Gasteiger partial charge in [-0.05, 0) is 39.2 Å². The van der Waals surface area contributed by atoms with Crippen LogP contribution in [0.15, 0.2) is 30.3 Å². The van der Waals surface area contributed by atoms with E-state index < -0.39 is 14.6 Å². The first-order valence-corrected chi connectivity index (χ1v) is 8.24. The molecular formula is C14H21ClO2S. The molecule has 0 aliphatic carbocycles. The Morgan fingerprint density at radius 1 is 1.17 bits per heavy atom. The Kier molecular flexibility index (Phi) is 5.23. The maximum atomic E-state index is 11.9. The number of halogens is 1. The molecule has 1 aromatic rings. The van der Waals surface area contributed by atoms with Gasteiger partial charge in [-0.15, -0.1) is 11.6 Å². The zero-order valence-electron chi connectivity index (χ0n) is 11.2. The lowest BCUT2D eigenvalue weighted by molar-refractivity contribution is 0.555. The van der Waals surface area contributed by atoms with E-state index in [1.165, 1.54) is 0 Å². The first kappa shape index (κ1) is 15.5. The van der Waals surface area contributed by atoms with E-state index in [1.807, 2.05) is 30.3 Å². The molecule has 2 nitrogen and oxygen atoms in total. The van der Waals surface area contributed by atoms with Gasteiger partial charge in [-0.3, -0.25) is 0 Å². The molecule has 0 saturated carbocycles. The van der Waals surface area contributed by atoms with Crippen molar-refractivity contribution in [2.45, 2.75) is 43.7 Å². The predicted molar refractivity (Wildman–Crippen MR) is 77.8 cm³/mol. The van der Waals surface area contributed by atoms with Crippen LogP contribution in [-0.4, -0.2) is 18.9 Å². The Bertz CT molecular complexity index is 460. The summed E-state index contributed by atoms with van der Waals surface area (Å²) in [4.78, 5) is 0. The quantitative estimate of drug-likeness (QED) is 0.769. The Morgan fingerprint density at radius 2 is 1.72 bits per heavy atom. The third-order valence-electron chi connectivity index (χ3n) is 2.96. The second kappa shape index (κ2) is 6.07. The van der Waals surface area contributed by atoms with Gasteiger partial charge in [0.25, 0.3) is 0 Å². The van der Waals surface area contributed by atoms with Crippen LogP contribution in [0.2, 0.25) is 0 Å². The lowest BCUT2D eigenvalue weighted by Gasteiger charge is -2.19. The topological polar surface area (TPSA) is 34.1 Å². The van der Waals surface area contributed by atoms with Crippen LogP contribution in [0.5, 0.6) is 0 Å². The summed E-state index contributed by atoms with van der Waals surface area (Å²) in [5.74, 6) is 0.201. The molecule has 1 atom stereocenters. The number of alkyl halides is 1. The highest BCUT2D eigenvalue weighted by Crippen LogP contribution is 2.26. The third-order valence-corrected chi connectivity index (χ3v) is 6.13. The van der Waals surface area contributed by atoms with Gasteiger partial charge in [-0.25, -0.2) is 8.42 Å². The normalized spacial score (nSPS) is 14.4. The second-order valence-electron chi connectivity index (χ2n) is 5.45. The molecular weight excluding hydrogens is 268 g/mol. The maximum Gasteiger partial charge on any atom is 0.155 e. The summed E-state index contributed by atoms with van der Waals surface area (Å²) in [7, 11) is -3.03. The van der Waals surface area contributed by atoms with E-state index >= 15 is 0 Å². The Morgan fingerprint density at radius 3 is 2.22 bits per heavy atom. The van der Waals surface area contributed by atoms with E-state index in [-0.39, 0.29) is 11.1 Å². The molecule has 0 radical (unpaired) electrons. The van der Waals surface area contributed by atoms with Gasteiger partial charge in [-0.1, -0.05) is 30.3 Å². The Labute approximate surface area is 115 Å². The van der Waals surface area contributed by atoms with Crippen LogP contribution < -0.4 is 0 Å². The minimum absolute atomic E-state index is 0.110. The predicted octanol–water partition coefficient (Wildman–Crippen LogP) is 3.96. The van der Waals surface area contributed by atoms with Crippen molar-refractivity contribution < 1.29 is 8.42 Å². The van der Waals surface area contributed by atoms with Crippen LogP contribution in [-0.2, 0) is 9.84 Å². The van der Waals surface area contributed by atoms with Crippen molar-refractivity contribution in [3.63, 3.8) is 0 Å². The van der Waals surface area contributed by atoms with E-state index in [0.717, 1.165) is 5.56 Å². The highest BCUT2D eigenvalue weighted by molar-refractivity contribution is 7.92. The molecule has 0 saturated heterocycles. The van der Waals surface area contributed by atoms with E-state index in [4.69, 9.17) is 11.6 Å². The average molecular weight is 289 g/mol. The molecule has 1 aromatic carbocycles. The summed E-state index contributed by atoms with van der Waals surface area (Å²) < 4.78 is 23.2. The highest BCUT2D eigenvalue weighted by atomic mass is 35.5. The van der Waals surface area contributed by atoms with Crippen LogP contribution in [0.3, 0.4) is 0 Å². The first-order chi connectivity index (χ1) is 8.24. The zero-order chi connectivity index (χ0) is 13.8. The van der Waals surface area contributed by atoms with E-state index in [0.29, 0.717) is 12.8 Å². The summed E-state index contributed by atoms with van der Waals surface area (Å²) >= 11 is 6.25. The van der Waals surface area contributed by atoms with Crippen molar-refractivity contribution in [1.82, 2.24) is 0 Å². The summed E-state index contributed by atoms with van der Waals surface area (Å²) in [5.41, 5.74) is 1.05. The van der Waals surface area contributed by atoms with Crippen LogP contribution in [0.1, 0.15) is 44.6 Å². The standard InChI is InChI=1S/C14H21ClO2S/c1-14(2,3)18(16,17)11-7-10-13(15)12-8-5-4-6-9-12/h4-6,8-9,13H,7,10-11H2,1-3H3. The van der Waals surface area contributed by atoms with Crippen molar-refractivity contribution in [2.75, 3.05) is 5.75 Å². The van der Waals surface area contributed by atoms with Crippen molar-refractivity contribution >= 4 is 21.4 Å². The van der Waals surface area contributed by atoms with Gasteiger partial charge < -0.3 is 0 Å². The molecule has 0 aromatic heterocycles. The number of rotatable bonds is 5. The van der Waals surface area contributed by atoms with Gasteiger partial charge >= 0.3 is 0 Å². The number of hydrogen-bond donors (Lipinski definition) is 0. The van der Waals surface area contributed by atoms with Crippen molar-refractivity contribution in [3.05, 3.63) is 35.9 Å². The number of sulfone groups is 1. The molecule has 102 valence electrons. The van der Waals surface area contributed by atoms with Crippen LogP contribution in [0.25, 0.3) is 0 Å². The number of hydrogen-bond acceptors (Lipinski definition) is 2. The lowest BCUT2D eigenvalue weighted by Crippen LogP contribution is -2.30. The fourth-order valence-corrected chi connectivity index (χ4v) is 3.05. The highest BCUT2D eigenvalue weighted by Gasteiger charge is 2.28. The molecule has 18 heavy (non-hydrogen) atoms. The SMILES string of the molecule is CC(C)(C)S(=O)(=O)CCCC(Cl)c1ccccc1. The molecule has 4 heteroatoms. The molecule has 0 aliphatic heterocycles. The minimum atomic E-state index is -3.03. The molecule has 0 fully saturated rings. The molecule has 0 aliphatic rings. The lowest BCUT2D eigenvalue weighted by atomic mass is 10.1. The largest absolute Gasteiger partial charge is 0.228 e. The van der Waals surface area contributed by atoms with Crippen LogP contribution >= 0.6 is 11.6 Å². The summed E-state index contributed by atoms with van der Waals surface area (Å²) in [5, 5.41) is -0.110. The van der Waals surface area contributed by atoms with Crippen molar-refractivity contribution in [2.24, 2.45) is 0 Å². The smallest absolute Gasteiger partial charge is 0.155 e. The van der Waals surface area contributed by atoms with Gasteiger partial charge in [0.1, 0.15) is 0 Å². The maximum absolute atomic E-state index is 11.9. The summed E-state index contributed by atoms with van der Waals surface area (Å²) in [6.45, 7) is 5.20. The van der Waals surface area contributed by atoms with Gasteiger partial charge in [0, 0.05) is 0 Å².